The molecule has 0 radical (unpaired) electrons. The van der Waals surface area contributed by atoms with Gasteiger partial charge in [0.25, 0.3) is 11.8 Å². The Balaban J connectivity index is 1.89. The van der Waals surface area contributed by atoms with Crippen molar-refractivity contribution in [3.63, 3.8) is 0 Å². The molecule has 1 aliphatic heterocycles. The number of aryl methyl sites for hydroxylation is 2. The predicted molar refractivity (Wildman–Crippen MR) is 131 cm³/mol. The molecule has 7 nitrogen and oxygen atoms in total. The predicted octanol–water partition coefficient (Wildman–Crippen LogP) is 4.73. The van der Waals surface area contributed by atoms with Crippen molar-refractivity contribution in [1.82, 2.24) is 0 Å². The SMILES string of the molecule is COc1cc(NC2=C(c3ccc(C)cc3C)C(=O)N(c3ccccc3OC)C2=O)cc(OC)c1. The van der Waals surface area contributed by atoms with Crippen LogP contribution in [-0.2, 0) is 9.59 Å². The van der Waals surface area contributed by atoms with Crippen LogP contribution in [0.5, 0.6) is 17.2 Å². The molecule has 1 N–H and O–H groups in total. The number of rotatable bonds is 7. The summed E-state index contributed by atoms with van der Waals surface area (Å²) >= 11 is 0. The van der Waals surface area contributed by atoms with Crippen molar-refractivity contribution in [1.29, 1.82) is 0 Å². The molecule has 7 heteroatoms. The molecule has 0 saturated heterocycles. The van der Waals surface area contributed by atoms with Gasteiger partial charge in [0.1, 0.15) is 22.9 Å². The van der Waals surface area contributed by atoms with E-state index in [1.807, 2.05) is 32.0 Å². The number of methoxy groups -OCH3 is 3. The zero-order valence-electron chi connectivity index (χ0n) is 19.8. The number of benzene rings is 3. The van der Waals surface area contributed by atoms with Gasteiger partial charge < -0.3 is 19.5 Å². The Morgan fingerprint density at radius 2 is 1.44 bits per heavy atom. The molecule has 3 aromatic rings. The van der Waals surface area contributed by atoms with Gasteiger partial charge in [-0.15, -0.1) is 0 Å². The van der Waals surface area contributed by atoms with Crippen molar-refractivity contribution in [2.45, 2.75) is 13.8 Å². The minimum absolute atomic E-state index is 0.165. The molecule has 174 valence electrons. The molecule has 0 atom stereocenters. The van der Waals surface area contributed by atoms with E-state index < -0.39 is 11.8 Å². The molecule has 0 saturated carbocycles. The normalized spacial score (nSPS) is 13.4. The number of amides is 2. The van der Waals surface area contributed by atoms with Gasteiger partial charge in [0.15, 0.2) is 0 Å². The molecule has 0 unspecified atom stereocenters. The van der Waals surface area contributed by atoms with Gasteiger partial charge in [-0.05, 0) is 37.1 Å². The van der Waals surface area contributed by atoms with Crippen LogP contribution in [0.3, 0.4) is 0 Å². The third-order valence-corrected chi connectivity index (χ3v) is 5.68. The van der Waals surface area contributed by atoms with Gasteiger partial charge in [-0.3, -0.25) is 9.59 Å². The van der Waals surface area contributed by atoms with Crippen LogP contribution in [0.4, 0.5) is 11.4 Å². The summed E-state index contributed by atoms with van der Waals surface area (Å²) in [6.45, 7) is 3.90. The Kier molecular flexibility index (Phi) is 6.27. The molecular weight excluding hydrogens is 432 g/mol. The largest absolute Gasteiger partial charge is 0.497 e. The molecule has 0 aromatic heterocycles. The lowest BCUT2D eigenvalue weighted by molar-refractivity contribution is -0.120. The lowest BCUT2D eigenvalue weighted by atomic mass is 9.97. The Labute approximate surface area is 198 Å². The fourth-order valence-electron chi connectivity index (χ4n) is 4.05. The molecule has 4 rings (SSSR count). The number of nitrogens with one attached hydrogen (secondary N) is 1. The van der Waals surface area contributed by atoms with Crippen molar-refractivity contribution in [3.8, 4) is 17.2 Å². The third kappa shape index (κ3) is 4.08. The molecule has 3 aromatic carbocycles. The monoisotopic (exact) mass is 458 g/mol. The first-order valence-electron chi connectivity index (χ1n) is 10.7. The summed E-state index contributed by atoms with van der Waals surface area (Å²) in [6.07, 6.45) is 0. The van der Waals surface area contributed by atoms with Gasteiger partial charge in [-0.25, -0.2) is 4.90 Å². The fraction of sp³-hybridized carbons (Fsp3) is 0.185. The average molecular weight is 459 g/mol. The van der Waals surface area contributed by atoms with E-state index in [0.29, 0.717) is 34.2 Å². The van der Waals surface area contributed by atoms with E-state index in [0.717, 1.165) is 16.0 Å². The van der Waals surface area contributed by atoms with E-state index in [2.05, 4.69) is 5.32 Å². The number of imide groups is 1. The minimum atomic E-state index is -0.480. The summed E-state index contributed by atoms with van der Waals surface area (Å²) in [7, 11) is 4.60. The Morgan fingerprint density at radius 3 is 2.06 bits per heavy atom. The highest BCUT2D eigenvalue weighted by Gasteiger charge is 2.41. The van der Waals surface area contributed by atoms with Gasteiger partial charge in [0.2, 0.25) is 0 Å². The smallest absolute Gasteiger partial charge is 0.282 e. The Morgan fingerprint density at radius 1 is 0.765 bits per heavy atom. The summed E-state index contributed by atoms with van der Waals surface area (Å²) in [5, 5.41) is 3.16. The molecule has 0 aliphatic carbocycles. The molecule has 1 heterocycles. The van der Waals surface area contributed by atoms with Gasteiger partial charge >= 0.3 is 0 Å². The van der Waals surface area contributed by atoms with E-state index in [9.17, 15) is 9.59 Å². The summed E-state index contributed by atoms with van der Waals surface area (Å²) in [4.78, 5) is 28.6. The molecule has 2 amide bonds. The molecule has 34 heavy (non-hydrogen) atoms. The molecular formula is C27H26N2O5. The van der Waals surface area contributed by atoms with Crippen LogP contribution in [0.25, 0.3) is 5.57 Å². The summed E-state index contributed by atoms with van der Waals surface area (Å²) in [5.74, 6) is 0.612. The number of carbonyl (C=O) groups is 2. The zero-order valence-corrected chi connectivity index (χ0v) is 19.8. The maximum atomic E-state index is 13.8. The quantitative estimate of drug-likeness (QED) is 0.516. The lowest BCUT2D eigenvalue weighted by Crippen LogP contribution is -2.32. The third-order valence-electron chi connectivity index (χ3n) is 5.68. The summed E-state index contributed by atoms with van der Waals surface area (Å²) in [6, 6.07) is 17.9. The second-order valence-corrected chi connectivity index (χ2v) is 7.91. The van der Waals surface area contributed by atoms with E-state index >= 15 is 0 Å². The molecule has 0 fully saturated rings. The molecule has 1 aliphatic rings. The first-order valence-corrected chi connectivity index (χ1v) is 10.7. The Bertz CT molecular complexity index is 1290. The number of para-hydroxylation sites is 2. The van der Waals surface area contributed by atoms with Crippen LogP contribution >= 0.6 is 0 Å². The summed E-state index contributed by atoms with van der Waals surface area (Å²) in [5.41, 5.74) is 4.01. The number of carbonyl (C=O) groups excluding carboxylic acids is 2. The highest BCUT2D eigenvalue weighted by Crippen LogP contribution is 2.39. The first-order chi connectivity index (χ1) is 16.4. The lowest BCUT2D eigenvalue weighted by Gasteiger charge is -2.18. The van der Waals surface area contributed by atoms with Crippen molar-refractivity contribution in [3.05, 3.63) is 83.1 Å². The van der Waals surface area contributed by atoms with Crippen molar-refractivity contribution in [2.75, 3.05) is 31.5 Å². The number of nitrogens with zero attached hydrogens (tertiary/aromatic N) is 1. The van der Waals surface area contributed by atoms with Gasteiger partial charge in [0.05, 0.1) is 32.6 Å². The van der Waals surface area contributed by atoms with Crippen LogP contribution in [0, 0.1) is 13.8 Å². The van der Waals surface area contributed by atoms with E-state index in [4.69, 9.17) is 14.2 Å². The number of hydrogen-bond donors (Lipinski definition) is 1. The maximum Gasteiger partial charge on any atom is 0.282 e. The van der Waals surface area contributed by atoms with Crippen LogP contribution in [0.15, 0.2) is 66.4 Å². The zero-order chi connectivity index (χ0) is 24.4. The van der Waals surface area contributed by atoms with Crippen LogP contribution in [0.1, 0.15) is 16.7 Å². The van der Waals surface area contributed by atoms with Gasteiger partial charge in [-0.1, -0.05) is 35.9 Å². The number of ether oxygens (including phenoxy) is 3. The second-order valence-electron chi connectivity index (χ2n) is 7.91. The van der Waals surface area contributed by atoms with E-state index in [1.54, 1.807) is 56.7 Å². The van der Waals surface area contributed by atoms with Crippen molar-refractivity contribution >= 4 is 28.8 Å². The molecule has 0 bridgehead atoms. The standard InChI is InChI=1S/C27H26N2O5/c1-16-10-11-21(17(2)12-16)24-25(28-18-13-19(32-3)15-20(14-18)33-4)27(31)29(26(24)30)22-8-6-7-9-23(22)34-5/h6-15,28H,1-5H3. The summed E-state index contributed by atoms with van der Waals surface area (Å²) < 4.78 is 16.1. The van der Waals surface area contributed by atoms with Crippen molar-refractivity contribution < 1.29 is 23.8 Å². The topological polar surface area (TPSA) is 77.1 Å². The van der Waals surface area contributed by atoms with Gasteiger partial charge in [-0.2, -0.15) is 0 Å². The highest BCUT2D eigenvalue weighted by atomic mass is 16.5. The second kappa shape index (κ2) is 9.31. The first kappa shape index (κ1) is 22.9. The van der Waals surface area contributed by atoms with Crippen molar-refractivity contribution in [2.24, 2.45) is 0 Å². The van der Waals surface area contributed by atoms with Gasteiger partial charge in [0, 0.05) is 23.9 Å². The number of anilines is 2. The average Bonchev–Trinajstić information content (AvgIpc) is 3.07. The number of hydrogen-bond acceptors (Lipinski definition) is 6. The van der Waals surface area contributed by atoms with Crippen LogP contribution in [-0.4, -0.2) is 33.1 Å². The maximum absolute atomic E-state index is 13.8. The van der Waals surface area contributed by atoms with Crippen LogP contribution in [0.2, 0.25) is 0 Å². The van der Waals surface area contributed by atoms with Crippen LogP contribution < -0.4 is 24.4 Å². The Hall–Kier alpha value is -4.26. The molecule has 0 spiro atoms. The van der Waals surface area contributed by atoms with E-state index in [1.165, 1.54) is 7.11 Å². The fourth-order valence-corrected chi connectivity index (χ4v) is 4.05. The minimum Gasteiger partial charge on any atom is -0.497 e. The van der Waals surface area contributed by atoms with E-state index in [-0.39, 0.29) is 11.3 Å². The highest BCUT2D eigenvalue weighted by molar-refractivity contribution is 6.46.